The normalized spacial score (nSPS) is 11.5. The van der Waals surface area contributed by atoms with Gasteiger partial charge in [-0.15, -0.1) is 11.3 Å². The molecule has 3 rings (SSSR count). The van der Waals surface area contributed by atoms with Crippen LogP contribution in [-0.2, 0) is 6.42 Å². The Kier molecular flexibility index (Phi) is 4.61. The number of benzene rings is 1. The number of nitrogens with one attached hydrogen (secondary N) is 1. The standard InChI is InChI=1S/C16H15BrF2N2S/c17-12-4-6-22-16(12)15-10(3-1-2-5-20)11-7-9(18)8-13(19)14(11)21-15/h4,6-8,21H,1-3,5,20H2. The fourth-order valence-electron chi connectivity index (χ4n) is 2.65. The molecule has 22 heavy (non-hydrogen) atoms. The highest BCUT2D eigenvalue weighted by Gasteiger charge is 2.18. The number of hydrogen-bond donors (Lipinski definition) is 2. The summed E-state index contributed by atoms with van der Waals surface area (Å²) >= 11 is 5.07. The summed E-state index contributed by atoms with van der Waals surface area (Å²) in [6.07, 6.45) is 2.51. The van der Waals surface area contributed by atoms with Gasteiger partial charge in [0.2, 0.25) is 0 Å². The van der Waals surface area contributed by atoms with E-state index in [-0.39, 0.29) is 0 Å². The zero-order valence-corrected chi connectivity index (χ0v) is 14.2. The Hall–Kier alpha value is -1.24. The van der Waals surface area contributed by atoms with Gasteiger partial charge in [0.25, 0.3) is 0 Å². The molecular formula is C16H15BrF2N2S. The van der Waals surface area contributed by atoms with E-state index >= 15 is 0 Å². The van der Waals surface area contributed by atoms with E-state index in [1.54, 1.807) is 11.3 Å². The van der Waals surface area contributed by atoms with E-state index in [1.165, 1.54) is 6.07 Å². The van der Waals surface area contributed by atoms with Gasteiger partial charge in [-0.05, 0) is 64.8 Å². The molecule has 6 heteroatoms. The van der Waals surface area contributed by atoms with Gasteiger partial charge in [0.1, 0.15) is 11.6 Å². The van der Waals surface area contributed by atoms with Crippen LogP contribution in [0.1, 0.15) is 18.4 Å². The maximum Gasteiger partial charge on any atom is 0.150 e. The molecule has 0 atom stereocenters. The van der Waals surface area contributed by atoms with Crippen molar-refractivity contribution in [1.29, 1.82) is 0 Å². The van der Waals surface area contributed by atoms with Crippen molar-refractivity contribution < 1.29 is 8.78 Å². The molecular weight excluding hydrogens is 370 g/mol. The minimum Gasteiger partial charge on any atom is -0.351 e. The summed E-state index contributed by atoms with van der Waals surface area (Å²) in [5.41, 5.74) is 7.72. The quantitative estimate of drug-likeness (QED) is 0.581. The number of H-pyrrole nitrogens is 1. The average molecular weight is 385 g/mol. The van der Waals surface area contributed by atoms with Gasteiger partial charge >= 0.3 is 0 Å². The lowest BCUT2D eigenvalue weighted by Crippen LogP contribution is -1.99. The largest absolute Gasteiger partial charge is 0.351 e. The summed E-state index contributed by atoms with van der Waals surface area (Å²) in [5, 5.41) is 2.58. The first-order chi connectivity index (χ1) is 10.6. The summed E-state index contributed by atoms with van der Waals surface area (Å²) in [4.78, 5) is 4.14. The maximum atomic E-state index is 14.1. The van der Waals surface area contributed by atoms with E-state index in [0.717, 1.165) is 45.9 Å². The molecule has 0 amide bonds. The van der Waals surface area contributed by atoms with Gasteiger partial charge in [0, 0.05) is 15.9 Å². The number of hydrogen-bond acceptors (Lipinski definition) is 2. The van der Waals surface area contributed by atoms with Crippen molar-refractivity contribution in [2.24, 2.45) is 5.73 Å². The Bertz CT molecular complexity index is 810. The Morgan fingerprint density at radius 2 is 2.05 bits per heavy atom. The van der Waals surface area contributed by atoms with Crippen LogP contribution in [0.3, 0.4) is 0 Å². The summed E-state index contributed by atoms with van der Waals surface area (Å²) in [6.45, 7) is 0.614. The van der Waals surface area contributed by atoms with Crippen LogP contribution in [0.2, 0.25) is 0 Å². The van der Waals surface area contributed by atoms with Gasteiger partial charge in [0.15, 0.2) is 0 Å². The van der Waals surface area contributed by atoms with Crippen LogP contribution in [0, 0.1) is 11.6 Å². The molecule has 0 saturated heterocycles. The Morgan fingerprint density at radius 3 is 2.73 bits per heavy atom. The maximum absolute atomic E-state index is 14.1. The number of aryl methyl sites for hydroxylation is 1. The fraction of sp³-hybridized carbons (Fsp3) is 0.250. The van der Waals surface area contributed by atoms with Crippen molar-refractivity contribution in [1.82, 2.24) is 4.98 Å². The summed E-state index contributed by atoms with van der Waals surface area (Å²) in [6, 6.07) is 4.26. The molecule has 0 fully saturated rings. The molecule has 2 nitrogen and oxygen atoms in total. The molecule has 0 saturated carbocycles. The molecule has 2 heterocycles. The van der Waals surface area contributed by atoms with Crippen molar-refractivity contribution >= 4 is 38.2 Å². The zero-order chi connectivity index (χ0) is 15.7. The topological polar surface area (TPSA) is 41.8 Å². The number of thiophene rings is 1. The summed E-state index contributed by atoms with van der Waals surface area (Å²) < 4.78 is 28.6. The monoisotopic (exact) mass is 384 g/mol. The molecule has 0 aliphatic rings. The van der Waals surface area contributed by atoms with Crippen LogP contribution >= 0.6 is 27.3 Å². The van der Waals surface area contributed by atoms with Crippen molar-refractivity contribution in [3.63, 3.8) is 0 Å². The van der Waals surface area contributed by atoms with Gasteiger partial charge in [-0.1, -0.05) is 0 Å². The lowest BCUT2D eigenvalue weighted by atomic mass is 10.0. The van der Waals surface area contributed by atoms with Crippen LogP contribution < -0.4 is 5.73 Å². The SMILES string of the molecule is NCCCCc1c(-c2sccc2Br)[nH]c2c(F)cc(F)cc12. The molecule has 0 spiro atoms. The molecule has 0 aliphatic heterocycles. The lowest BCUT2D eigenvalue weighted by Gasteiger charge is -2.04. The van der Waals surface area contributed by atoms with Crippen LogP contribution in [0.5, 0.6) is 0 Å². The van der Waals surface area contributed by atoms with Crippen molar-refractivity contribution in [3.05, 3.63) is 45.2 Å². The van der Waals surface area contributed by atoms with E-state index in [0.29, 0.717) is 17.4 Å². The highest BCUT2D eigenvalue weighted by Crippen LogP contribution is 2.39. The molecule has 3 N–H and O–H groups in total. The molecule has 2 aromatic heterocycles. The smallest absolute Gasteiger partial charge is 0.150 e. The molecule has 3 aromatic rings. The third kappa shape index (κ3) is 2.83. The predicted molar refractivity (Wildman–Crippen MR) is 91.2 cm³/mol. The minimum absolute atomic E-state index is 0.361. The highest BCUT2D eigenvalue weighted by molar-refractivity contribution is 9.10. The Labute approximate surface area is 139 Å². The zero-order valence-electron chi connectivity index (χ0n) is 11.8. The average Bonchev–Trinajstić information content (AvgIpc) is 3.03. The van der Waals surface area contributed by atoms with Crippen molar-refractivity contribution in [2.75, 3.05) is 6.54 Å². The number of rotatable bonds is 5. The number of fused-ring (bicyclic) bond motifs is 1. The number of unbranched alkanes of at least 4 members (excludes halogenated alkanes) is 1. The minimum atomic E-state index is -0.561. The van der Waals surface area contributed by atoms with Gasteiger partial charge in [0.05, 0.1) is 16.1 Å². The van der Waals surface area contributed by atoms with E-state index in [2.05, 4.69) is 20.9 Å². The second-order valence-electron chi connectivity index (χ2n) is 5.13. The first-order valence-electron chi connectivity index (χ1n) is 7.05. The van der Waals surface area contributed by atoms with E-state index < -0.39 is 11.6 Å². The molecule has 0 unspecified atom stereocenters. The summed E-state index contributed by atoms with van der Waals surface area (Å²) in [7, 11) is 0. The van der Waals surface area contributed by atoms with Gasteiger partial charge in [-0.2, -0.15) is 0 Å². The van der Waals surface area contributed by atoms with E-state index in [1.807, 2.05) is 11.4 Å². The molecule has 0 bridgehead atoms. The van der Waals surface area contributed by atoms with Crippen LogP contribution in [0.15, 0.2) is 28.1 Å². The number of aromatic nitrogens is 1. The molecule has 0 aliphatic carbocycles. The van der Waals surface area contributed by atoms with E-state index in [9.17, 15) is 8.78 Å². The van der Waals surface area contributed by atoms with Crippen LogP contribution in [0.25, 0.3) is 21.5 Å². The first-order valence-corrected chi connectivity index (χ1v) is 8.72. The van der Waals surface area contributed by atoms with Gasteiger partial charge < -0.3 is 10.7 Å². The third-order valence-corrected chi connectivity index (χ3v) is 5.51. The van der Waals surface area contributed by atoms with Crippen molar-refractivity contribution in [3.8, 4) is 10.6 Å². The van der Waals surface area contributed by atoms with Crippen LogP contribution in [-0.4, -0.2) is 11.5 Å². The second-order valence-corrected chi connectivity index (χ2v) is 6.90. The number of nitrogens with two attached hydrogens (primary N) is 1. The first kappa shape index (κ1) is 15.6. The fourth-order valence-corrected chi connectivity index (χ4v) is 4.24. The van der Waals surface area contributed by atoms with Gasteiger partial charge in [-0.25, -0.2) is 8.78 Å². The van der Waals surface area contributed by atoms with E-state index in [4.69, 9.17) is 5.73 Å². The Balaban J connectivity index is 2.19. The molecule has 116 valence electrons. The lowest BCUT2D eigenvalue weighted by molar-refractivity contribution is 0.591. The number of halogens is 3. The van der Waals surface area contributed by atoms with Crippen molar-refractivity contribution in [2.45, 2.75) is 19.3 Å². The number of aromatic amines is 1. The molecule has 0 radical (unpaired) electrons. The predicted octanol–water partition coefficient (Wildman–Crippen LogP) is 5.22. The summed E-state index contributed by atoms with van der Waals surface area (Å²) in [5.74, 6) is -1.12. The van der Waals surface area contributed by atoms with Crippen LogP contribution in [0.4, 0.5) is 8.78 Å². The molecule has 1 aromatic carbocycles. The second kappa shape index (κ2) is 6.48. The third-order valence-electron chi connectivity index (χ3n) is 3.66. The Morgan fingerprint density at radius 1 is 1.23 bits per heavy atom. The highest BCUT2D eigenvalue weighted by atomic mass is 79.9. The van der Waals surface area contributed by atoms with Gasteiger partial charge in [-0.3, -0.25) is 0 Å².